The Morgan fingerprint density at radius 3 is 2.74 bits per heavy atom. The highest BCUT2D eigenvalue weighted by Crippen LogP contribution is 2.14. The average molecular weight is 310 g/mol. The van der Waals surface area contributed by atoms with E-state index in [0.29, 0.717) is 11.3 Å². The van der Waals surface area contributed by atoms with Crippen molar-refractivity contribution in [3.63, 3.8) is 0 Å². The van der Waals surface area contributed by atoms with Gasteiger partial charge in [-0.15, -0.1) is 0 Å². The van der Waals surface area contributed by atoms with E-state index in [4.69, 9.17) is 9.26 Å². The first-order valence-corrected chi connectivity index (χ1v) is 7.07. The van der Waals surface area contributed by atoms with E-state index in [-0.39, 0.29) is 11.8 Å². The van der Waals surface area contributed by atoms with Gasteiger partial charge in [-0.2, -0.15) is 0 Å². The monoisotopic (exact) mass is 310 g/mol. The van der Waals surface area contributed by atoms with Crippen molar-refractivity contribution in [1.82, 2.24) is 5.27 Å². The van der Waals surface area contributed by atoms with E-state index in [1.165, 1.54) is 0 Å². The predicted octanol–water partition coefficient (Wildman–Crippen LogP) is 2.52. The SMILES string of the molecule is COc1cccc(C(=O)Nc2c[n+](-c3ccc(C)cc3)no2)c1. The third-order valence-electron chi connectivity index (χ3n) is 3.33. The van der Waals surface area contributed by atoms with Gasteiger partial charge in [0, 0.05) is 17.7 Å². The van der Waals surface area contributed by atoms with Crippen molar-refractivity contribution in [3.05, 3.63) is 65.9 Å². The number of benzene rings is 2. The van der Waals surface area contributed by atoms with Gasteiger partial charge >= 0.3 is 5.88 Å². The van der Waals surface area contributed by atoms with Crippen LogP contribution >= 0.6 is 0 Å². The van der Waals surface area contributed by atoms with Crippen molar-refractivity contribution < 1.29 is 18.7 Å². The molecule has 0 aliphatic carbocycles. The van der Waals surface area contributed by atoms with Crippen LogP contribution < -0.4 is 14.7 Å². The van der Waals surface area contributed by atoms with Crippen LogP contribution in [-0.4, -0.2) is 18.3 Å². The van der Waals surface area contributed by atoms with Gasteiger partial charge in [0.2, 0.25) is 11.0 Å². The summed E-state index contributed by atoms with van der Waals surface area (Å²) >= 11 is 0. The number of anilines is 1. The normalized spacial score (nSPS) is 10.3. The Kier molecular flexibility index (Phi) is 4.05. The van der Waals surface area contributed by atoms with Gasteiger partial charge in [-0.1, -0.05) is 23.8 Å². The van der Waals surface area contributed by atoms with E-state index in [1.54, 1.807) is 42.3 Å². The number of aromatic nitrogens is 2. The van der Waals surface area contributed by atoms with Crippen LogP contribution in [0.25, 0.3) is 5.69 Å². The predicted molar refractivity (Wildman–Crippen MR) is 83.7 cm³/mol. The smallest absolute Gasteiger partial charge is 0.303 e. The van der Waals surface area contributed by atoms with Crippen molar-refractivity contribution in [2.45, 2.75) is 6.92 Å². The summed E-state index contributed by atoms with van der Waals surface area (Å²) in [5.41, 5.74) is 2.48. The van der Waals surface area contributed by atoms with Crippen LogP contribution in [-0.2, 0) is 0 Å². The Hall–Kier alpha value is -3.15. The summed E-state index contributed by atoms with van der Waals surface area (Å²) in [6, 6.07) is 14.7. The lowest BCUT2D eigenvalue weighted by atomic mass is 10.2. The minimum Gasteiger partial charge on any atom is -0.497 e. The van der Waals surface area contributed by atoms with Crippen LogP contribution in [0.15, 0.2) is 59.3 Å². The highest BCUT2D eigenvalue weighted by Gasteiger charge is 2.17. The molecule has 6 heteroatoms. The summed E-state index contributed by atoms with van der Waals surface area (Å²) in [6.45, 7) is 2.01. The quantitative estimate of drug-likeness (QED) is 0.752. The average Bonchev–Trinajstić information content (AvgIpc) is 3.04. The summed E-state index contributed by atoms with van der Waals surface area (Å²) in [5, 5.41) is 6.57. The molecule has 0 spiro atoms. The first kappa shape index (κ1) is 14.8. The Morgan fingerprint density at radius 2 is 2.00 bits per heavy atom. The summed E-state index contributed by atoms with van der Waals surface area (Å²) < 4.78 is 11.8. The van der Waals surface area contributed by atoms with Crippen LogP contribution in [0.3, 0.4) is 0 Å². The first-order valence-electron chi connectivity index (χ1n) is 7.07. The molecule has 0 aliphatic rings. The molecule has 0 atom stereocenters. The van der Waals surface area contributed by atoms with Gasteiger partial charge in [-0.05, 0) is 29.8 Å². The maximum absolute atomic E-state index is 12.2. The van der Waals surface area contributed by atoms with Gasteiger partial charge < -0.3 is 4.74 Å². The maximum Gasteiger partial charge on any atom is 0.303 e. The second kappa shape index (κ2) is 6.31. The molecule has 0 fully saturated rings. The molecule has 3 rings (SSSR count). The molecule has 0 saturated heterocycles. The third kappa shape index (κ3) is 3.37. The Bertz CT molecular complexity index is 825. The zero-order valence-electron chi connectivity index (χ0n) is 12.8. The molecule has 23 heavy (non-hydrogen) atoms. The molecular weight excluding hydrogens is 294 g/mol. The summed E-state index contributed by atoms with van der Waals surface area (Å²) in [5.74, 6) is 0.583. The van der Waals surface area contributed by atoms with Crippen LogP contribution in [0, 0.1) is 6.92 Å². The molecule has 0 radical (unpaired) electrons. The Labute approximate surface area is 133 Å². The van der Waals surface area contributed by atoms with Crippen LogP contribution in [0.2, 0.25) is 0 Å². The van der Waals surface area contributed by atoms with E-state index in [9.17, 15) is 4.79 Å². The Balaban J connectivity index is 1.75. The number of hydrogen-bond donors (Lipinski definition) is 1. The number of carbonyl (C=O) groups is 1. The van der Waals surface area contributed by atoms with Gasteiger partial charge in [0.15, 0.2) is 0 Å². The van der Waals surface area contributed by atoms with Gasteiger partial charge in [0.05, 0.1) is 7.11 Å². The highest BCUT2D eigenvalue weighted by molar-refractivity contribution is 6.03. The van der Waals surface area contributed by atoms with E-state index in [1.807, 2.05) is 31.2 Å². The number of methoxy groups -OCH3 is 1. The topological polar surface area (TPSA) is 68.2 Å². The molecule has 116 valence electrons. The molecule has 0 aliphatic heterocycles. The number of amides is 1. The number of ether oxygens (including phenoxy) is 1. The third-order valence-corrected chi connectivity index (χ3v) is 3.33. The zero-order valence-corrected chi connectivity index (χ0v) is 12.8. The van der Waals surface area contributed by atoms with Crippen molar-refractivity contribution in [2.24, 2.45) is 0 Å². The lowest BCUT2D eigenvalue weighted by molar-refractivity contribution is -0.670. The summed E-state index contributed by atoms with van der Waals surface area (Å²) in [6.07, 6.45) is 1.61. The molecule has 0 bridgehead atoms. The fourth-order valence-corrected chi connectivity index (χ4v) is 2.07. The van der Waals surface area contributed by atoms with E-state index in [0.717, 1.165) is 11.3 Å². The summed E-state index contributed by atoms with van der Waals surface area (Å²) in [7, 11) is 1.55. The van der Waals surface area contributed by atoms with E-state index < -0.39 is 0 Å². The second-order valence-corrected chi connectivity index (χ2v) is 5.03. The standard InChI is InChI=1S/C17H15N3O3/c1-12-6-8-14(9-7-12)20-11-16(23-19-20)18-17(21)13-4-3-5-15(10-13)22-2/h3-11H,1-2H3/p+1. The number of rotatable bonds is 4. The molecular formula is C17H16N3O3+. The summed E-state index contributed by atoms with van der Waals surface area (Å²) in [4.78, 5) is 12.2. The molecule has 1 amide bonds. The number of carbonyl (C=O) groups excluding carboxylic acids is 1. The maximum atomic E-state index is 12.2. The molecule has 0 saturated carbocycles. The largest absolute Gasteiger partial charge is 0.497 e. The number of nitrogens with zero attached hydrogens (tertiary/aromatic N) is 2. The molecule has 0 unspecified atom stereocenters. The van der Waals surface area contributed by atoms with Crippen LogP contribution in [0.5, 0.6) is 5.75 Å². The minimum atomic E-state index is -0.295. The Morgan fingerprint density at radius 1 is 1.22 bits per heavy atom. The number of aryl methyl sites for hydroxylation is 1. The van der Waals surface area contributed by atoms with Gasteiger partial charge in [0.1, 0.15) is 5.75 Å². The molecule has 1 N–H and O–H groups in total. The zero-order chi connectivity index (χ0) is 16.2. The van der Waals surface area contributed by atoms with Gasteiger partial charge in [0.25, 0.3) is 12.1 Å². The first-order chi connectivity index (χ1) is 11.2. The van der Waals surface area contributed by atoms with Crippen molar-refractivity contribution in [2.75, 3.05) is 12.4 Å². The van der Waals surface area contributed by atoms with E-state index in [2.05, 4.69) is 10.6 Å². The number of hydrogen-bond acceptors (Lipinski definition) is 4. The number of nitrogens with one attached hydrogen (secondary N) is 1. The molecule has 1 heterocycles. The van der Waals surface area contributed by atoms with Gasteiger partial charge in [-0.3, -0.25) is 14.6 Å². The molecule has 1 aromatic heterocycles. The highest BCUT2D eigenvalue weighted by atomic mass is 16.5. The molecule has 3 aromatic rings. The second-order valence-electron chi connectivity index (χ2n) is 5.03. The fraction of sp³-hybridized carbons (Fsp3) is 0.118. The van der Waals surface area contributed by atoms with Crippen molar-refractivity contribution in [1.29, 1.82) is 0 Å². The molecule has 6 nitrogen and oxygen atoms in total. The minimum absolute atomic E-state index is 0.262. The van der Waals surface area contributed by atoms with Crippen molar-refractivity contribution >= 4 is 11.8 Å². The van der Waals surface area contributed by atoms with E-state index >= 15 is 0 Å². The van der Waals surface area contributed by atoms with Gasteiger partial charge in [-0.25, -0.2) is 0 Å². The lowest BCUT2D eigenvalue weighted by Gasteiger charge is -2.02. The van der Waals surface area contributed by atoms with Crippen molar-refractivity contribution in [3.8, 4) is 11.4 Å². The molecule has 2 aromatic carbocycles. The van der Waals surface area contributed by atoms with Crippen LogP contribution in [0.4, 0.5) is 5.88 Å². The lowest BCUT2D eigenvalue weighted by Crippen LogP contribution is -2.31. The van der Waals surface area contributed by atoms with Crippen LogP contribution in [0.1, 0.15) is 15.9 Å². The fourth-order valence-electron chi connectivity index (χ4n) is 2.07.